The van der Waals surface area contributed by atoms with Crippen molar-refractivity contribution >= 4 is 17.3 Å². The highest BCUT2D eigenvalue weighted by Crippen LogP contribution is 2.28. The molecule has 0 saturated carbocycles. The minimum Gasteiger partial charge on any atom is -0.488 e. The molecule has 7 heteroatoms. The highest BCUT2D eigenvalue weighted by molar-refractivity contribution is 5.82. The number of nitrogens with zero attached hydrogens (tertiary/aromatic N) is 2. The zero-order chi connectivity index (χ0) is 18.7. The van der Waals surface area contributed by atoms with Gasteiger partial charge in [0.25, 0.3) is 10.9 Å². The van der Waals surface area contributed by atoms with Crippen LogP contribution in [0.2, 0.25) is 0 Å². The highest BCUT2D eigenvalue weighted by Gasteiger charge is 2.37. The van der Waals surface area contributed by atoms with Crippen LogP contribution in [0.5, 0.6) is 5.75 Å². The normalized spacial score (nSPS) is 17.4. The van der Waals surface area contributed by atoms with Crippen molar-refractivity contribution < 1.29 is 14.3 Å². The minimum atomic E-state index is -0.597. The third-order valence-corrected chi connectivity index (χ3v) is 4.47. The second-order valence-corrected chi connectivity index (χ2v) is 6.01. The molecule has 1 unspecified atom stereocenters. The van der Waals surface area contributed by atoms with E-state index in [1.54, 1.807) is 18.7 Å². The monoisotopic (exact) mass is 358 g/mol. The summed E-state index contributed by atoms with van der Waals surface area (Å²) in [6, 6.07) is 9.04. The first-order chi connectivity index (χ1) is 12.6. The third-order valence-electron chi connectivity index (χ3n) is 4.47. The minimum absolute atomic E-state index is 0.105. The summed E-state index contributed by atoms with van der Waals surface area (Å²) in [7, 11) is 0. The Morgan fingerprint density at radius 1 is 1.08 bits per heavy atom. The van der Waals surface area contributed by atoms with Crippen LogP contribution in [-0.4, -0.2) is 44.9 Å². The van der Waals surface area contributed by atoms with Gasteiger partial charge >= 0.3 is 5.97 Å². The SMILES string of the molecule is CCOC(=O)C1CN(c2c(OCC)c(=O)c2=O)CCN1c1ccccc1. The van der Waals surface area contributed by atoms with Crippen molar-refractivity contribution in [1.29, 1.82) is 0 Å². The summed E-state index contributed by atoms with van der Waals surface area (Å²) < 4.78 is 10.5. The van der Waals surface area contributed by atoms with Gasteiger partial charge in [-0.05, 0) is 26.0 Å². The Hall–Kier alpha value is -2.83. The van der Waals surface area contributed by atoms with Gasteiger partial charge in [0.1, 0.15) is 11.7 Å². The zero-order valence-corrected chi connectivity index (χ0v) is 14.9. The van der Waals surface area contributed by atoms with Crippen LogP contribution >= 0.6 is 0 Å². The van der Waals surface area contributed by atoms with E-state index in [-0.39, 0.29) is 30.6 Å². The number of hydrogen-bond donors (Lipinski definition) is 0. The number of para-hydroxylation sites is 1. The fourth-order valence-electron chi connectivity index (χ4n) is 3.28. The predicted octanol–water partition coefficient (Wildman–Crippen LogP) is 0.940. The van der Waals surface area contributed by atoms with Crippen molar-refractivity contribution in [3.8, 4) is 5.75 Å². The first kappa shape index (κ1) is 18.0. The Labute approximate surface area is 151 Å². The highest BCUT2D eigenvalue weighted by atomic mass is 16.5. The van der Waals surface area contributed by atoms with Crippen molar-refractivity contribution in [1.82, 2.24) is 0 Å². The van der Waals surface area contributed by atoms with Gasteiger partial charge in [0, 0.05) is 25.3 Å². The van der Waals surface area contributed by atoms with E-state index in [0.717, 1.165) is 5.69 Å². The fraction of sp³-hybridized carbons (Fsp3) is 0.421. The zero-order valence-electron chi connectivity index (χ0n) is 14.9. The molecule has 26 heavy (non-hydrogen) atoms. The van der Waals surface area contributed by atoms with Gasteiger partial charge in [-0.3, -0.25) is 9.59 Å². The number of benzene rings is 1. The van der Waals surface area contributed by atoms with Gasteiger partial charge in [0.2, 0.25) is 0 Å². The van der Waals surface area contributed by atoms with E-state index >= 15 is 0 Å². The summed E-state index contributed by atoms with van der Waals surface area (Å²) in [5, 5.41) is 0. The van der Waals surface area contributed by atoms with Crippen molar-refractivity contribution in [2.45, 2.75) is 19.9 Å². The first-order valence-corrected chi connectivity index (χ1v) is 8.77. The number of anilines is 2. The molecule has 0 spiro atoms. The molecule has 0 bridgehead atoms. The number of esters is 1. The number of carbonyl (C=O) groups excluding carboxylic acids is 1. The third kappa shape index (κ3) is 3.16. The van der Waals surface area contributed by atoms with Crippen LogP contribution in [0.1, 0.15) is 13.8 Å². The topological polar surface area (TPSA) is 76.1 Å². The van der Waals surface area contributed by atoms with Gasteiger partial charge in [-0.1, -0.05) is 18.2 Å². The molecule has 1 atom stereocenters. The summed E-state index contributed by atoms with van der Waals surface area (Å²) in [5.74, 6) is -0.244. The van der Waals surface area contributed by atoms with Crippen molar-refractivity contribution in [3.63, 3.8) is 0 Å². The summed E-state index contributed by atoms with van der Waals surface area (Å²) in [6.07, 6.45) is 0. The molecule has 0 N–H and O–H groups in total. The second kappa shape index (κ2) is 7.59. The van der Waals surface area contributed by atoms with E-state index in [1.165, 1.54) is 0 Å². The Morgan fingerprint density at radius 2 is 1.81 bits per heavy atom. The molecular formula is C19H22N2O5. The van der Waals surface area contributed by atoms with Crippen LogP contribution in [0, 0.1) is 0 Å². The smallest absolute Gasteiger partial charge is 0.330 e. The lowest BCUT2D eigenvalue weighted by molar-refractivity contribution is -0.144. The summed E-state index contributed by atoms with van der Waals surface area (Å²) >= 11 is 0. The van der Waals surface area contributed by atoms with E-state index in [0.29, 0.717) is 19.7 Å². The largest absolute Gasteiger partial charge is 0.488 e. The summed E-state index contributed by atoms with van der Waals surface area (Å²) in [5.41, 5.74) is 0.0448. The summed E-state index contributed by atoms with van der Waals surface area (Å²) in [6.45, 7) is 5.41. The summed E-state index contributed by atoms with van der Waals surface area (Å²) in [4.78, 5) is 40.0. The quantitative estimate of drug-likeness (QED) is 0.562. The van der Waals surface area contributed by atoms with Crippen molar-refractivity contribution in [3.05, 3.63) is 50.8 Å². The molecule has 1 saturated heterocycles. The lowest BCUT2D eigenvalue weighted by atomic mass is 10.1. The molecule has 0 amide bonds. The standard InChI is InChI=1S/C19H22N2O5/c1-3-25-18-15(16(22)17(18)23)20-10-11-21(13-8-6-5-7-9-13)14(12-20)19(24)26-4-2/h5-9,14H,3-4,10-12H2,1-2H3. The predicted molar refractivity (Wildman–Crippen MR) is 98.9 cm³/mol. The van der Waals surface area contributed by atoms with Crippen LogP contribution < -0.4 is 25.4 Å². The average molecular weight is 358 g/mol. The van der Waals surface area contributed by atoms with Crippen LogP contribution in [0.25, 0.3) is 0 Å². The number of carbonyl (C=O) groups is 1. The molecular weight excluding hydrogens is 336 g/mol. The maximum absolute atomic E-state index is 12.5. The Bertz CT molecular complexity index is 841. The van der Waals surface area contributed by atoms with Crippen LogP contribution in [0.4, 0.5) is 11.4 Å². The Morgan fingerprint density at radius 3 is 2.46 bits per heavy atom. The van der Waals surface area contributed by atoms with Crippen molar-refractivity contribution in [2.75, 3.05) is 42.6 Å². The van der Waals surface area contributed by atoms with Gasteiger partial charge in [-0.2, -0.15) is 0 Å². The molecule has 7 nitrogen and oxygen atoms in total. The number of piperazine rings is 1. The molecule has 138 valence electrons. The van der Waals surface area contributed by atoms with Crippen LogP contribution in [0.15, 0.2) is 39.9 Å². The Balaban J connectivity index is 1.88. The van der Waals surface area contributed by atoms with E-state index in [2.05, 4.69) is 0 Å². The second-order valence-electron chi connectivity index (χ2n) is 6.01. The molecule has 1 aliphatic heterocycles. The number of hydrogen-bond acceptors (Lipinski definition) is 7. The van der Waals surface area contributed by atoms with Crippen LogP contribution in [-0.2, 0) is 9.53 Å². The van der Waals surface area contributed by atoms with E-state index in [1.807, 2.05) is 35.2 Å². The molecule has 3 rings (SSSR count). The van der Waals surface area contributed by atoms with E-state index in [9.17, 15) is 14.4 Å². The molecule has 0 radical (unpaired) electrons. The van der Waals surface area contributed by atoms with E-state index in [4.69, 9.17) is 9.47 Å². The molecule has 2 aromatic rings. The molecule has 0 aromatic heterocycles. The van der Waals surface area contributed by atoms with Crippen LogP contribution in [0.3, 0.4) is 0 Å². The van der Waals surface area contributed by atoms with Gasteiger partial charge in [-0.25, -0.2) is 4.79 Å². The average Bonchev–Trinajstić information content (AvgIpc) is 2.68. The number of ether oxygens (including phenoxy) is 2. The lowest BCUT2D eigenvalue weighted by Crippen LogP contribution is -2.59. The molecule has 1 aliphatic rings. The van der Waals surface area contributed by atoms with Gasteiger partial charge in [-0.15, -0.1) is 0 Å². The van der Waals surface area contributed by atoms with E-state index < -0.39 is 16.9 Å². The maximum atomic E-state index is 12.5. The molecule has 1 fully saturated rings. The van der Waals surface area contributed by atoms with Crippen molar-refractivity contribution in [2.24, 2.45) is 0 Å². The molecule has 1 heterocycles. The maximum Gasteiger partial charge on any atom is 0.330 e. The Kier molecular flexibility index (Phi) is 5.25. The molecule has 2 aromatic carbocycles. The van der Waals surface area contributed by atoms with Gasteiger partial charge < -0.3 is 19.3 Å². The van der Waals surface area contributed by atoms with Gasteiger partial charge in [0.15, 0.2) is 5.75 Å². The number of rotatable bonds is 6. The lowest BCUT2D eigenvalue weighted by Gasteiger charge is -2.42. The van der Waals surface area contributed by atoms with Gasteiger partial charge in [0.05, 0.1) is 13.2 Å². The first-order valence-electron chi connectivity index (χ1n) is 8.77. The molecule has 0 aliphatic carbocycles. The fourth-order valence-corrected chi connectivity index (χ4v) is 3.28.